The summed E-state index contributed by atoms with van der Waals surface area (Å²) in [7, 11) is 0. The molecule has 15 heavy (non-hydrogen) atoms. The highest BCUT2D eigenvalue weighted by Crippen LogP contribution is 2.13. The van der Waals surface area contributed by atoms with Gasteiger partial charge in [0.1, 0.15) is 0 Å². The van der Waals surface area contributed by atoms with Gasteiger partial charge in [-0.05, 0) is 29.8 Å². The highest BCUT2D eigenvalue weighted by molar-refractivity contribution is 5.74. The first-order chi connectivity index (χ1) is 7.36. The molecule has 0 unspecified atom stereocenters. The third kappa shape index (κ3) is 2.40. The van der Waals surface area contributed by atoms with Gasteiger partial charge in [-0.3, -0.25) is 0 Å². The maximum Gasteiger partial charge on any atom is 0.0857 e. The number of nitrogens with two attached hydrogens (primary N) is 1. The topological polar surface area (TPSA) is 51.8 Å². The standard InChI is InChI=1S/C12H11N3/c13-12-6-2-1-4-10(12)7-8-11-5-3-9-14-15-11/h1-9H,13H2/b8-7+. The third-order valence-electron chi connectivity index (χ3n) is 2.02. The van der Waals surface area contributed by atoms with Gasteiger partial charge in [-0.15, -0.1) is 0 Å². The molecule has 1 aromatic carbocycles. The van der Waals surface area contributed by atoms with Crippen molar-refractivity contribution in [3.63, 3.8) is 0 Å². The highest BCUT2D eigenvalue weighted by atomic mass is 15.1. The summed E-state index contributed by atoms with van der Waals surface area (Å²) in [6.45, 7) is 0. The monoisotopic (exact) mass is 197 g/mol. The van der Waals surface area contributed by atoms with Crippen molar-refractivity contribution in [1.29, 1.82) is 0 Å². The molecule has 0 aliphatic carbocycles. The van der Waals surface area contributed by atoms with Gasteiger partial charge in [0.05, 0.1) is 5.69 Å². The lowest BCUT2D eigenvalue weighted by Crippen LogP contribution is -1.87. The Morgan fingerprint density at radius 3 is 2.60 bits per heavy atom. The fourth-order valence-corrected chi connectivity index (χ4v) is 1.24. The summed E-state index contributed by atoms with van der Waals surface area (Å²) >= 11 is 0. The molecule has 0 saturated carbocycles. The van der Waals surface area contributed by atoms with Crippen molar-refractivity contribution in [2.24, 2.45) is 0 Å². The molecular formula is C12H11N3. The molecule has 0 saturated heterocycles. The van der Waals surface area contributed by atoms with Crippen molar-refractivity contribution >= 4 is 17.8 Å². The van der Waals surface area contributed by atoms with Crippen LogP contribution in [0.15, 0.2) is 42.6 Å². The molecule has 2 rings (SSSR count). The number of rotatable bonds is 2. The lowest BCUT2D eigenvalue weighted by atomic mass is 10.1. The molecular weight excluding hydrogens is 186 g/mol. The molecule has 0 amide bonds. The largest absolute Gasteiger partial charge is 0.398 e. The normalized spacial score (nSPS) is 10.7. The molecule has 3 heteroatoms. The van der Waals surface area contributed by atoms with Gasteiger partial charge in [-0.1, -0.05) is 24.3 Å². The van der Waals surface area contributed by atoms with Crippen molar-refractivity contribution < 1.29 is 0 Å². The van der Waals surface area contributed by atoms with Crippen LogP contribution in [0.3, 0.4) is 0 Å². The number of nitrogens with zero attached hydrogens (tertiary/aromatic N) is 2. The minimum absolute atomic E-state index is 0.762. The second-order valence-corrected chi connectivity index (χ2v) is 3.11. The number of hydrogen-bond acceptors (Lipinski definition) is 3. The van der Waals surface area contributed by atoms with Crippen molar-refractivity contribution in [2.75, 3.05) is 5.73 Å². The Kier molecular flexibility index (Phi) is 2.74. The average molecular weight is 197 g/mol. The molecule has 2 N–H and O–H groups in total. The van der Waals surface area contributed by atoms with Crippen LogP contribution in [0.5, 0.6) is 0 Å². The first-order valence-corrected chi connectivity index (χ1v) is 4.66. The van der Waals surface area contributed by atoms with E-state index in [1.54, 1.807) is 6.20 Å². The van der Waals surface area contributed by atoms with Gasteiger partial charge in [0.25, 0.3) is 0 Å². The maximum atomic E-state index is 5.80. The zero-order chi connectivity index (χ0) is 10.5. The van der Waals surface area contributed by atoms with Gasteiger partial charge < -0.3 is 5.73 Å². The summed E-state index contributed by atoms with van der Waals surface area (Å²) in [6, 6.07) is 11.4. The molecule has 3 nitrogen and oxygen atoms in total. The summed E-state index contributed by atoms with van der Waals surface area (Å²) in [5, 5.41) is 7.73. The average Bonchev–Trinajstić information content (AvgIpc) is 2.29. The van der Waals surface area contributed by atoms with Gasteiger partial charge in [-0.2, -0.15) is 10.2 Å². The number of anilines is 1. The molecule has 74 valence electrons. The summed E-state index contributed by atoms with van der Waals surface area (Å²) in [4.78, 5) is 0. The smallest absolute Gasteiger partial charge is 0.0857 e. The molecule has 0 radical (unpaired) electrons. The van der Waals surface area contributed by atoms with Gasteiger partial charge >= 0.3 is 0 Å². The molecule has 0 aliphatic heterocycles. The molecule has 0 aliphatic rings. The Bertz CT molecular complexity index is 463. The van der Waals surface area contributed by atoms with Crippen LogP contribution in [0.25, 0.3) is 12.2 Å². The molecule has 0 atom stereocenters. The summed E-state index contributed by atoms with van der Waals surface area (Å²) in [5.41, 5.74) is 8.37. The van der Waals surface area contributed by atoms with E-state index in [1.807, 2.05) is 48.6 Å². The highest BCUT2D eigenvalue weighted by Gasteiger charge is 1.92. The molecule has 0 fully saturated rings. The SMILES string of the molecule is Nc1ccccc1/C=C/c1cccnn1. The van der Waals surface area contributed by atoms with Crippen LogP contribution in [0, 0.1) is 0 Å². The van der Waals surface area contributed by atoms with E-state index in [2.05, 4.69) is 10.2 Å². The number of hydrogen-bond donors (Lipinski definition) is 1. The number of nitrogen functional groups attached to an aromatic ring is 1. The summed E-state index contributed by atoms with van der Waals surface area (Å²) in [6.07, 6.45) is 5.46. The minimum Gasteiger partial charge on any atom is -0.398 e. The van der Waals surface area contributed by atoms with E-state index in [1.165, 1.54) is 0 Å². The van der Waals surface area contributed by atoms with Gasteiger partial charge in [0, 0.05) is 11.9 Å². The minimum atomic E-state index is 0.762. The van der Waals surface area contributed by atoms with Crippen LogP contribution in [-0.2, 0) is 0 Å². The Morgan fingerprint density at radius 1 is 1.00 bits per heavy atom. The van der Waals surface area contributed by atoms with Gasteiger partial charge in [0.15, 0.2) is 0 Å². The number of para-hydroxylation sites is 1. The maximum absolute atomic E-state index is 5.80. The van der Waals surface area contributed by atoms with Gasteiger partial charge in [0.2, 0.25) is 0 Å². The molecule has 2 aromatic rings. The van der Waals surface area contributed by atoms with Crippen molar-refractivity contribution in [3.05, 3.63) is 53.9 Å². The Hall–Kier alpha value is -2.16. The van der Waals surface area contributed by atoms with Gasteiger partial charge in [-0.25, -0.2) is 0 Å². The van der Waals surface area contributed by atoms with Crippen molar-refractivity contribution in [1.82, 2.24) is 10.2 Å². The van der Waals surface area contributed by atoms with E-state index in [9.17, 15) is 0 Å². The predicted octanol–water partition coefficient (Wildman–Crippen LogP) is 2.23. The first-order valence-electron chi connectivity index (χ1n) is 4.66. The van der Waals surface area contributed by atoms with Crippen molar-refractivity contribution in [2.45, 2.75) is 0 Å². The van der Waals surface area contributed by atoms with E-state index in [-0.39, 0.29) is 0 Å². The Morgan fingerprint density at radius 2 is 1.87 bits per heavy atom. The van der Waals surface area contributed by atoms with E-state index in [0.717, 1.165) is 16.9 Å². The Balaban J connectivity index is 2.23. The zero-order valence-corrected chi connectivity index (χ0v) is 8.17. The van der Waals surface area contributed by atoms with Crippen LogP contribution in [0.4, 0.5) is 5.69 Å². The second-order valence-electron chi connectivity index (χ2n) is 3.11. The first kappa shape index (κ1) is 9.40. The van der Waals surface area contributed by atoms with Crippen LogP contribution in [0.1, 0.15) is 11.3 Å². The second kappa shape index (κ2) is 4.37. The van der Waals surface area contributed by atoms with Crippen LogP contribution in [-0.4, -0.2) is 10.2 Å². The van der Waals surface area contributed by atoms with E-state index in [4.69, 9.17) is 5.73 Å². The number of aromatic nitrogens is 2. The molecule has 1 heterocycles. The fraction of sp³-hybridized carbons (Fsp3) is 0. The predicted molar refractivity (Wildman–Crippen MR) is 61.8 cm³/mol. The molecule has 0 spiro atoms. The number of benzene rings is 1. The lowest BCUT2D eigenvalue weighted by molar-refractivity contribution is 1.02. The van der Waals surface area contributed by atoms with Crippen molar-refractivity contribution in [3.8, 4) is 0 Å². The Labute approximate surface area is 88.3 Å². The molecule has 0 bridgehead atoms. The molecule has 1 aromatic heterocycles. The van der Waals surface area contributed by atoms with E-state index in [0.29, 0.717) is 0 Å². The van der Waals surface area contributed by atoms with Crippen LogP contribution in [0.2, 0.25) is 0 Å². The van der Waals surface area contributed by atoms with Crippen LogP contribution < -0.4 is 5.73 Å². The summed E-state index contributed by atoms with van der Waals surface area (Å²) < 4.78 is 0. The fourth-order valence-electron chi connectivity index (χ4n) is 1.24. The van der Waals surface area contributed by atoms with E-state index >= 15 is 0 Å². The lowest BCUT2D eigenvalue weighted by Gasteiger charge is -1.97. The third-order valence-corrected chi connectivity index (χ3v) is 2.02. The van der Waals surface area contributed by atoms with E-state index < -0.39 is 0 Å². The van der Waals surface area contributed by atoms with Crippen LogP contribution >= 0.6 is 0 Å². The quantitative estimate of drug-likeness (QED) is 0.751. The summed E-state index contributed by atoms with van der Waals surface area (Å²) in [5.74, 6) is 0. The zero-order valence-electron chi connectivity index (χ0n) is 8.17.